The van der Waals surface area contributed by atoms with Crippen LogP contribution in [0.1, 0.15) is 22.8 Å². The summed E-state index contributed by atoms with van der Waals surface area (Å²) in [5, 5.41) is 6.93. The predicted molar refractivity (Wildman–Crippen MR) is 149 cm³/mol. The molecule has 2 fully saturated rings. The monoisotopic (exact) mass is 591 g/mol. The second-order valence-corrected chi connectivity index (χ2v) is 10.6. The van der Waals surface area contributed by atoms with E-state index in [1.54, 1.807) is 10.9 Å². The number of ether oxygens (including phenoxy) is 1. The van der Waals surface area contributed by atoms with Crippen molar-refractivity contribution < 1.29 is 27.1 Å². The van der Waals surface area contributed by atoms with Gasteiger partial charge in [0, 0.05) is 74.9 Å². The second-order valence-electron chi connectivity index (χ2n) is 10.6. The van der Waals surface area contributed by atoms with Gasteiger partial charge in [-0.2, -0.15) is 18.3 Å². The van der Waals surface area contributed by atoms with Gasteiger partial charge in [0.2, 0.25) is 5.56 Å². The quantitative estimate of drug-likeness (QED) is 0.408. The van der Waals surface area contributed by atoms with E-state index in [0.717, 1.165) is 25.8 Å². The highest BCUT2D eigenvalue weighted by molar-refractivity contribution is 6.07. The molecule has 2 aliphatic rings. The zero-order chi connectivity index (χ0) is 30.0. The van der Waals surface area contributed by atoms with Crippen LogP contribution >= 0.6 is 0 Å². The van der Waals surface area contributed by atoms with Gasteiger partial charge in [0.15, 0.2) is 0 Å². The van der Waals surface area contributed by atoms with Crippen LogP contribution in [0.15, 0.2) is 41.6 Å². The number of carbonyl (C=O) groups is 1. The lowest BCUT2D eigenvalue weighted by Crippen LogP contribution is -2.50. The highest BCUT2D eigenvalue weighted by Crippen LogP contribution is 2.36. The first kappa shape index (κ1) is 29.7. The number of pyridine rings is 1. The van der Waals surface area contributed by atoms with Gasteiger partial charge in [0.1, 0.15) is 5.82 Å². The number of anilines is 2. The molecule has 0 saturated carbocycles. The minimum absolute atomic E-state index is 0.116. The number of halogens is 4. The van der Waals surface area contributed by atoms with E-state index < -0.39 is 34.6 Å². The Hall–Kier alpha value is -3.75. The Morgan fingerprint density at radius 2 is 1.90 bits per heavy atom. The molecule has 2 saturated heterocycles. The van der Waals surface area contributed by atoms with Crippen LogP contribution in [0.3, 0.4) is 0 Å². The van der Waals surface area contributed by atoms with Crippen LogP contribution in [-0.2, 0) is 17.5 Å². The van der Waals surface area contributed by atoms with Gasteiger partial charge in [-0.05, 0) is 26.1 Å². The molecule has 1 aromatic carbocycles. The lowest BCUT2D eigenvalue weighted by molar-refractivity contribution is -0.138. The van der Waals surface area contributed by atoms with Crippen molar-refractivity contribution in [2.24, 2.45) is 0 Å². The smallest absolute Gasteiger partial charge is 0.379 e. The number of alkyl halides is 3. The summed E-state index contributed by atoms with van der Waals surface area (Å²) in [5.74, 6) is -1.64. The molecule has 0 bridgehead atoms. The first-order valence-electron chi connectivity index (χ1n) is 13.7. The van der Waals surface area contributed by atoms with E-state index in [9.17, 15) is 22.8 Å². The Balaban J connectivity index is 1.47. The van der Waals surface area contributed by atoms with Crippen LogP contribution in [-0.4, -0.2) is 96.0 Å². The van der Waals surface area contributed by atoms with Crippen molar-refractivity contribution in [1.82, 2.24) is 24.6 Å². The maximum Gasteiger partial charge on any atom is 0.417 e. The summed E-state index contributed by atoms with van der Waals surface area (Å²) >= 11 is 0. The van der Waals surface area contributed by atoms with Crippen LogP contribution < -0.4 is 15.8 Å². The number of hydrogen-bond donors (Lipinski definition) is 2. The highest BCUT2D eigenvalue weighted by Gasteiger charge is 2.36. The Kier molecular flexibility index (Phi) is 8.66. The van der Waals surface area contributed by atoms with Crippen LogP contribution in [0.25, 0.3) is 11.1 Å². The van der Waals surface area contributed by atoms with Gasteiger partial charge in [-0.3, -0.25) is 19.2 Å². The molecule has 14 heteroatoms. The third kappa shape index (κ3) is 6.66. The molecule has 1 atom stereocenters. The molecule has 5 rings (SSSR count). The number of amides is 1. The van der Waals surface area contributed by atoms with Gasteiger partial charge in [0.05, 0.1) is 48.5 Å². The van der Waals surface area contributed by atoms with Gasteiger partial charge in [-0.15, -0.1) is 0 Å². The van der Waals surface area contributed by atoms with Gasteiger partial charge in [0.25, 0.3) is 5.91 Å². The number of rotatable bonds is 7. The molecule has 0 spiro atoms. The Morgan fingerprint density at radius 1 is 1.14 bits per heavy atom. The number of carbonyl (C=O) groups excluding carboxylic acids is 1. The number of aromatic nitrogens is 3. The number of nitrogens with one attached hydrogen (secondary N) is 2. The molecule has 2 N–H and O–H groups in total. The molecule has 1 amide bonds. The summed E-state index contributed by atoms with van der Waals surface area (Å²) in [7, 11) is 1.97. The lowest BCUT2D eigenvalue weighted by Gasteiger charge is -2.39. The van der Waals surface area contributed by atoms with E-state index in [0.29, 0.717) is 56.7 Å². The Labute approximate surface area is 239 Å². The zero-order valence-electron chi connectivity index (χ0n) is 23.4. The number of hydrogen-bond acceptors (Lipinski definition) is 7. The van der Waals surface area contributed by atoms with E-state index in [1.807, 2.05) is 18.9 Å². The SMILES string of the molecule is C[C@H]1CN(c2cc(F)c(-c3cnn(CCN4CCOCC4)c3)cc2NC(=O)c2c[nH]c(=O)cc2C(F)(F)F)CCN1C. The third-order valence-corrected chi connectivity index (χ3v) is 7.80. The average molecular weight is 592 g/mol. The summed E-state index contributed by atoms with van der Waals surface area (Å²) in [5.41, 5.74) is -1.99. The van der Waals surface area contributed by atoms with Crippen molar-refractivity contribution in [3.63, 3.8) is 0 Å². The van der Waals surface area contributed by atoms with Gasteiger partial charge in [-0.25, -0.2) is 4.39 Å². The van der Waals surface area contributed by atoms with Crippen LogP contribution in [0.4, 0.5) is 28.9 Å². The number of piperazine rings is 1. The van der Waals surface area contributed by atoms with Crippen molar-refractivity contribution in [1.29, 1.82) is 0 Å². The molecule has 0 unspecified atom stereocenters. The molecule has 2 aromatic heterocycles. The summed E-state index contributed by atoms with van der Waals surface area (Å²) < 4.78 is 63.8. The number of likely N-dealkylation sites (N-methyl/N-ethyl adjacent to an activating group) is 1. The van der Waals surface area contributed by atoms with E-state index in [-0.39, 0.29) is 17.3 Å². The van der Waals surface area contributed by atoms with Crippen molar-refractivity contribution in [2.75, 3.05) is 69.7 Å². The largest absolute Gasteiger partial charge is 0.417 e. The summed E-state index contributed by atoms with van der Waals surface area (Å²) in [4.78, 5) is 33.3. The number of benzene rings is 1. The highest BCUT2D eigenvalue weighted by atomic mass is 19.4. The van der Waals surface area contributed by atoms with Crippen LogP contribution in [0.5, 0.6) is 0 Å². The maximum absolute atomic E-state index is 15.7. The third-order valence-electron chi connectivity index (χ3n) is 7.80. The normalized spacial score (nSPS) is 18.8. The fourth-order valence-corrected chi connectivity index (χ4v) is 5.19. The second kappa shape index (κ2) is 12.2. The minimum Gasteiger partial charge on any atom is -0.379 e. The van der Waals surface area contributed by atoms with E-state index >= 15 is 4.39 Å². The summed E-state index contributed by atoms with van der Waals surface area (Å²) in [6.45, 7) is 8.04. The van der Waals surface area contributed by atoms with Crippen LogP contribution in [0, 0.1) is 5.82 Å². The topological polar surface area (TPSA) is 98.7 Å². The lowest BCUT2D eigenvalue weighted by atomic mass is 10.0. The number of morpholine rings is 1. The molecule has 42 heavy (non-hydrogen) atoms. The molecule has 3 aromatic rings. The molecule has 10 nitrogen and oxygen atoms in total. The van der Waals surface area contributed by atoms with Gasteiger partial charge >= 0.3 is 6.18 Å². The predicted octanol–water partition coefficient (Wildman–Crippen LogP) is 3.12. The molecule has 0 radical (unpaired) electrons. The summed E-state index contributed by atoms with van der Waals surface area (Å²) in [6.07, 6.45) is -0.974. The van der Waals surface area contributed by atoms with Crippen molar-refractivity contribution >= 4 is 17.3 Å². The number of H-pyrrole nitrogens is 1. The number of nitrogens with zero attached hydrogens (tertiary/aromatic N) is 5. The first-order chi connectivity index (χ1) is 20.0. The van der Waals surface area contributed by atoms with E-state index in [2.05, 4.69) is 25.2 Å². The molecule has 2 aliphatic heterocycles. The Bertz CT molecular complexity index is 1480. The van der Waals surface area contributed by atoms with Gasteiger partial charge < -0.3 is 24.8 Å². The molecule has 226 valence electrons. The van der Waals surface area contributed by atoms with E-state index in [1.165, 1.54) is 18.3 Å². The minimum atomic E-state index is -4.93. The van der Waals surface area contributed by atoms with Gasteiger partial charge in [-0.1, -0.05) is 0 Å². The average Bonchev–Trinajstić information content (AvgIpc) is 3.43. The Morgan fingerprint density at radius 3 is 2.62 bits per heavy atom. The fourth-order valence-electron chi connectivity index (χ4n) is 5.19. The standard InChI is InChI=1S/C28H33F4N7O3/c1-18-16-38(5-3-36(18)2)25-13-23(29)20(19-14-34-39(17-19)6-4-37-7-9-42-10-8-37)11-24(25)35-27(41)21-15-33-26(40)12-22(21)28(30,31)32/h11-15,17-18H,3-10,16H2,1-2H3,(H,33,40)(H,35,41)/t18-/m0/s1. The first-order valence-corrected chi connectivity index (χ1v) is 13.7. The molecular weight excluding hydrogens is 558 g/mol. The zero-order valence-corrected chi connectivity index (χ0v) is 23.4. The number of aromatic amines is 1. The maximum atomic E-state index is 15.7. The molecule has 4 heterocycles. The van der Waals surface area contributed by atoms with Crippen molar-refractivity contribution in [2.45, 2.75) is 25.7 Å². The summed E-state index contributed by atoms with van der Waals surface area (Å²) in [6, 6.07) is 3.18. The van der Waals surface area contributed by atoms with E-state index in [4.69, 9.17) is 4.74 Å². The molecular formula is C28H33F4N7O3. The van der Waals surface area contributed by atoms with Crippen LogP contribution in [0.2, 0.25) is 0 Å². The molecule has 0 aliphatic carbocycles. The fraction of sp³-hybridized carbons (Fsp3) is 0.464. The van der Waals surface area contributed by atoms with Crippen molar-refractivity contribution in [3.05, 3.63) is 64.1 Å². The van der Waals surface area contributed by atoms with Crippen molar-refractivity contribution in [3.8, 4) is 11.1 Å².